The van der Waals surface area contributed by atoms with Crippen molar-refractivity contribution >= 4 is 11.8 Å². The summed E-state index contributed by atoms with van der Waals surface area (Å²) in [5, 5.41) is 0. The molecule has 0 radical (unpaired) electrons. The Morgan fingerprint density at radius 1 is 1.35 bits per heavy atom. The third kappa shape index (κ3) is 2.23. The molecule has 5 nitrogen and oxygen atoms in total. The minimum atomic E-state index is -0.517. The van der Waals surface area contributed by atoms with Gasteiger partial charge in [-0.3, -0.25) is 4.98 Å². The van der Waals surface area contributed by atoms with Gasteiger partial charge in [0.1, 0.15) is 5.82 Å². The van der Waals surface area contributed by atoms with E-state index in [4.69, 9.17) is 5.73 Å². The quantitative estimate of drug-likeness (QED) is 0.790. The second-order valence-electron chi connectivity index (χ2n) is 3.37. The average molecular weight is 229 g/mol. The van der Waals surface area contributed by atoms with Crippen LogP contribution in [0.5, 0.6) is 0 Å². The number of anilines is 1. The summed E-state index contributed by atoms with van der Waals surface area (Å²) in [6.45, 7) is 0. The standard InChI is InChI=1S/C12H11N3O2/c1-17-12(16)11-9(4-5-10(13)15-11)8-3-2-6-14-7-8/h2-7H,1H3,(H2,13,15). The summed E-state index contributed by atoms with van der Waals surface area (Å²) in [6, 6.07) is 6.99. The highest BCUT2D eigenvalue weighted by Gasteiger charge is 2.15. The molecule has 86 valence electrons. The van der Waals surface area contributed by atoms with Gasteiger partial charge in [0.05, 0.1) is 7.11 Å². The summed E-state index contributed by atoms with van der Waals surface area (Å²) in [5.74, 6) is -0.241. The molecule has 2 aromatic heterocycles. The van der Waals surface area contributed by atoms with Gasteiger partial charge in [-0.25, -0.2) is 9.78 Å². The van der Waals surface area contributed by atoms with E-state index in [0.29, 0.717) is 5.56 Å². The van der Waals surface area contributed by atoms with Gasteiger partial charge in [-0.1, -0.05) is 6.07 Å². The minimum absolute atomic E-state index is 0.195. The summed E-state index contributed by atoms with van der Waals surface area (Å²) >= 11 is 0. The van der Waals surface area contributed by atoms with E-state index in [-0.39, 0.29) is 11.5 Å². The van der Waals surface area contributed by atoms with Crippen LogP contribution in [0.1, 0.15) is 10.5 Å². The lowest BCUT2D eigenvalue weighted by molar-refractivity contribution is 0.0595. The highest BCUT2D eigenvalue weighted by atomic mass is 16.5. The zero-order valence-corrected chi connectivity index (χ0v) is 9.25. The zero-order valence-electron chi connectivity index (χ0n) is 9.25. The fraction of sp³-hybridized carbons (Fsp3) is 0.0833. The van der Waals surface area contributed by atoms with Gasteiger partial charge in [0.15, 0.2) is 5.69 Å². The minimum Gasteiger partial charge on any atom is -0.464 e. The largest absolute Gasteiger partial charge is 0.464 e. The number of carbonyl (C=O) groups is 1. The van der Waals surface area contributed by atoms with Crippen LogP contribution in [-0.4, -0.2) is 23.0 Å². The molecule has 0 aliphatic carbocycles. The van der Waals surface area contributed by atoms with Crippen LogP contribution in [0.2, 0.25) is 0 Å². The molecule has 0 atom stereocenters. The molecule has 17 heavy (non-hydrogen) atoms. The zero-order chi connectivity index (χ0) is 12.3. The van der Waals surface area contributed by atoms with Gasteiger partial charge < -0.3 is 10.5 Å². The highest BCUT2D eigenvalue weighted by molar-refractivity contribution is 5.95. The van der Waals surface area contributed by atoms with Crippen LogP contribution in [0.25, 0.3) is 11.1 Å². The summed E-state index contributed by atoms with van der Waals surface area (Å²) in [7, 11) is 1.31. The fourth-order valence-electron chi connectivity index (χ4n) is 1.48. The molecule has 2 N–H and O–H groups in total. The SMILES string of the molecule is COC(=O)c1nc(N)ccc1-c1cccnc1. The number of nitrogens with two attached hydrogens (primary N) is 1. The van der Waals surface area contributed by atoms with Crippen LogP contribution in [0.3, 0.4) is 0 Å². The molecule has 0 amide bonds. The number of carbonyl (C=O) groups excluding carboxylic acids is 1. The number of aromatic nitrogens is 2. The van der Waals surface area contributed by atoms with Gasteiger partial charge in [0, 0.05) is 23.5 Å². The second kappa shape index (κ2) is 4.61. The fourth-order valence-corrected chi connectivity index (χ4v) is 1.48. The summed E-state index contributed by atoms with van der Waals surface area (Å²) in [5.41, 5.74) is 7.20. The normalized spacial score (nSPS) is 9.94. The maximum Gasteiger partial charge on any atom is 0.357 e. The Morgan fingerprint density at radius 3 is 2.82 bits per heavy atom. The van der Waals surface area contributed by atoms with E-state index in [1.807, 2.05) is 6.07 Å². The van der Waals surface area contributed by atoms with Crippen LogP contribution in [0.15, 0.2) is 36.7 Å². The molecule has 0 aliphatic heterocycles. The van der Waals surface area contributed by atoms with E-state index in [0.717, 1.165) is 5.56 Å². The molecular weight excluding hydrogens is 218 g/mol. The van der Waals surface area contributed by atoms with Gasteiger partial charge in [-0.05, 0) is 18.2 Å². The topological polar surface area (TPSA) is 78.1 Å². The summed E-state index contributed by atoms with van der Waals surface area (Å²) in [4.78, 5) is 19.6. The van der Waals surface area contributed by atoms with E-state index in [2.05, 4.69) is 14.7 Å². The molecule has 0 saturated heterocycles. The Labute approximate surface area is 98.3 Å². The Balaban J connectivity index is 2.58. The lowest BCUT2D eigenvalue weighted by Gasteiger charge is -2.07. The number of ether oxygens (including phenoxy) is 1. The van der Waals surface area contributed by atoms with Gasteiger partial charge in [-0.15, -0.1) is 0 Å². The Hall–Kier alpha value is -2.43. The smallest absolute Gasteiger partial charge is 0.357 e. The Bertz CT molecular complexity index is 541. The number of rotatable bonds is 2. The number of pyridine rings is 2. The Morgan fingerprint density at radius 2 is 2.18 bits per heavy atom. The molecule has 0 bridgehead atoms. The van der Waals surface area contributed by atoms with E-state index >= 15 is 0 Å². The number of methoxy groups -OCH3 is 1. The van der Waals surface area contributed by atoms with Gasteiger partial charge in [0.25, 0.3) is 0 Å². The van der Waals surface area contributed by atoms with E-state index < -0.39 is 5.97 Å². The number of nitrogens with zero attached hydrogens (tertiary/aromatic N) is 2. The molecule has 2 heterocycles. The molecule has 2 aromatic rings. The van der Waals surface area contributed by atoms with Gasteiger partial charge in [-0.2, -0.15) is 0 Å². The molecule has 0 spiro atoms. The van der Waals surface area contributed by atoms with Crippen molar-refractivity contribution in [1.29, 1.82) is 0 Å². The average Bonchev–Trinajstić information content (AvgIpc) is 2.38. The first-order chi connectivity index (χ1) is 8.22. The first kappa shape index (κ1) is 11.1. The van der Waals surface area contributed by atoms with Gasteiger partial charge in [0.2, 0.25) is 0 Å². The van der Waals surface area contributed by atoms with Crippen LogP contribution < -0.4 is 5.73 Å². The maximum absolute atomic E-state index is 11.6. The number of esters is 1. The van der Waals surface area contributed by atoms with Crippen molar-refractivity contribution in [3.05, 3.63) is 42.4 Å². The third-order valence-electron chi connectivity index (χ3n) is 2.27. The Kier molecular flexibility index (Phi) is 3.00. The summed E-state index contributed by atoms with van der Waals surface area (Å²) < 4.78 is 4.68. The first-order valence-corrected chi connectivity index (χ1v) is 4.97. The van der Waals surface area contributed by atoms with Crippen LogP contribution in [0, 0.1) is 0 Å². The second-order valence-corrected chi connectivity index (χ2v) is 3.37. The molecule has 0 aliphatic rings. The molecule has 2 rings (SSSR count). The number of hydrogen-bond donors (Lipinski definition) is 1. The van der Waals surface area contributed by atoms with Gasteiger partial charge >= 0.3 is 5.97 Å². The predicted molar refractivity (Wildman–Crippen MR) is 63.2 cm³/mol. The molecule has 5 heteroatoms. The lowest BCUT2D eigenvalue weighted by Crippen LogP contribution is -2.08. The maximum atomic E-state index is 11.6. The molecular formula is C12H11N3O2. The highest BCUT2D eigenvalue weighted by Crippen LogP contribution is 2.23. The summed E-state index contributed by atoms with van der Waals surface area (Å²) in [6.07, 6.45) is 3.31. The van der Waals surface area contributed by atoms with Crippen molar-refractivity contribution in [2.75, 3.05) is 12.8 Å². The number of nitrogen functional groups attached to an aromatic ring is 1. The van der Waals surface area contributed by atoms with Crippen LogP contribution in [-0.2, 0) is 4.74 Å². The molecule has 0 fully saturated rings. The molecule has 0 saturated carbocycles. The van der Waals surface area contributed by atoms with Crippen molar-refractivity contribution in [3.8, 4) is 11.1 Å². The number of hydrogen-bond acceptors (Lipinski definition) is 5. The van der Waals surface area contributed by atoms with E-state index in [1.54, 1.807) is 30.6 Å². The van der Waals surface area contributed by atoms with Crippen molar-refractivity contribution < 1.29 is 9.53 Å². The van der Waals surface area contributed by atoms with E-state index in [1.165, 1.54) is 7.11 Å². The monoisotopic (exact) mass is 229 g/mol. The molecule has 0 unspecified atom stereocenters. The van der Waals surface area contributed by atoms with Crippen molar-refractivity contribution in [3.63, 3.8) is 0 Å². The molecule has 0 aromatic carbocycles. The third-order valence-corrected chi connectivity index (χ3v) is 2.27. The van der Waals surface area contributed by atoms with Crippen molar-refractivity contribution in [2.45, 2.75) is 0 Å². The van der Waals surface area contributed by atoms with E-state index in [9.17, 15) is 4.79 Å². The first-order valence-electron chi connectivity index (χ1n) is 4.97. The van der Waals surface area contributed by atoms with Crippen LogP contribution >= 0.6 is 0 Å². The van der Waals surface area contributed by atoms with Crippen molar-refractivity contribution in [2.24, 2.45) is 0 Å². The van der Waals surface area contributed by atoms with Crippen LogP contribution in [0.4, 0.5) is 5.82 Å². The van der Waals surface area contributed by atoms with Crippen molar-refractivity contribution in [1.82, 2.24) is 9.97 Å². The predicted octanol–water partition coefficient (Wildman–Crippen LogP) is 1.51. The lowest BCUT2D eigenvalue weighted by atomic mass is 10.1.